The molecule has 1 aliphatic heterocycles. The second-order valence-corrected chi connectivity index (χ2v) is 7.31. The molecule has 1 saturated heterocycles. The molecule has 1 fully saturated rings. The Kier molecular flexibility index (Phi) is 5.51. The summed E-state index contributed by atoms with van der Waals surface area (Å²) in [4.78, 5) is 13.8. The molecule has 4 nitrogen and oxygen atoms in total. The molecule has 0 radical (unpaired) electrons. The van der Waals surface area contributed by atoms with Crippen LogP contribution in [0.5, 0.6) is 0 Å². The van der Waals surface area contributed by atoms with Crippen molar-refractivity contribution in [3.05, 3.63) is 35.5 Å². The molecule has 0 bridgehead atoms. The SMILES string of the molecule is COC(=O)c1c(C)n([C@H](C)C2CCN(CC(F)(F)F)CC2)c2ccccc12. The number of rotatable bonds is 4. The largest absolute Gasteiger partial charge is 0.465 e. The van der Waals surface area contributed by atoms with Gasteiger partial charge in [0, 0.05) is 22.6 Å². The topological polar surface area (TPSA) is 34.5 Å². The van der Waals surface area contributed by atoms with Crippen molar-refractivity contribution in [2.75, 3.05) is 26.7 Å². The zero-order valence-corrected chi connectivity index (χ0v) is 15.8. The molecule has 2 heterocycles. The van der Waals surface area contributed by atoms with Crippen molar-refractivity contribution < 1.29 is 22.7 Å². The molecule has 1 atom stereocenters. The number of esters is 1. The van der Waals surface area contributed by atoms with Gasteiger partial charge in [0.15, 0.2) is 0 Å². The molecule has 148 valence electrons. The summed E-state index contributed by atoms with van der Waals surface area (Å²) in [6.07, 6.45) is -2.74. The Morgan fingerprint density at radius 1 is 1.26 bits per heavy atom. The predicted molar refractivity (Wildman–Crippen MR) is 97.9 cm³/mol. The molecular formula is C20H25F3N2O2. The molecular weight excluding hydrogens is 357 g/mol. The molecule has 0 unspecified atom stereocenters. The first kappa shape index (κ1) is 19.7. The molecule has 3 rings (SSSR count). The number of aromatic nitrogens is 1. The number of piperidine rings is 1. The third kappa shape index (κ3) is 3.98. The molecule has 1 aromatic carbocycles. The second kappa shape index (κ2) is 7.54. The highest BCUT2D eigenvalue weighted by Gasteiger charge is 2.34. The molecule has 0 amide bonds. The number of hydrogen-bond acceptors (Lipinski definition) is 3. The van der Waals surface area contributed by atoms with Gasteiger partial charge >= 0.3 is 12.1 Å². The van der Waals surface area contributed by atoms with Gasteiger partial charge < -0.3 is 9.30 Å². The third-order valence-corrected chi connectivity index (χ3v) is 5.67. The molecule has 7 heteroatoms. The van der Waals surface area contributed by atoms with Gasteiger partial charge in [0.1, 0.15) is 0 Å². The van der Waals surface area contributed by atoms with E-state index in [1.54, 1.807) is 0 Å². The number of alkyl halides is 3. The average Bonchev–Trinajstić information content (AvgIpc) is 2.91. The number of likely N-dealkylation sites (tertiary alicyclic amines) is 1. The highest BCUT2D eigenvalue weighted by atomic mass is 19.4. The molecule has 27 heavy (non-hydrogen) atoms. The minimum Gasteiger partial charge on any atom is -0.465 e. The van der Waals surface area contributed by atoms with Gasteiger partial charge in [-0.2, -0.15) is 13.2 Å². The lowest BCUT2D eigenvalue weighted by molar-refractivity contribution is -0.149. The van der Waals surface area contributed by atoms with E-state index in [2.05, 4.69) is 11.5 Å². The first-order chi connectivity index (χ1) is 12.7. The summed E-state index contributed by atoms with van der Waals surface area (Å²) in [5.41, 5.74) is 2.36. The molecule has 0 aliphatic carbocycles. The standard InChI is InChI=1S/C20H25F3N2O2/c1-13(15-8-10-24(11-9-15)12-20(21,22)23)25-14(2)18(19(26)27-3)16-6-4-5-7-17(16)25/h4-7,13,15H,8-12H2,1-3H3/t13-/m1/s1. The van der Waals surface area contributed by atoms with E-state index in [0.717, 1.165) is 16.6 Å². The van der Waals surface area contributed by atoms with Crippen LogP contribution in [0.2, 0.25) is 0 Å². The fourth-order valence-electron chi connectivity index (χ4n) is 4.33. The third-order valence-electron chi connectivity index (χ3n) is 5.67. The van der Waals surface area contributed by atoms with Gasteiger partial charge in [0.05, 0.1) is 19.2 Å². The first-order valence-corrected chi connectivity index (χ1v) is 9.20. The zero-order valence-electron chi connectivity index (χ0n) is 15.8. The maximum Gasteiger partial charge on any atom is 0.401 e. The van der Waals surface area contributed by atoms with E-state index in [-0.39, 0.29) is 17.9 Å². The normalized spacial score (nSPS) is 18.0. The van der Waals surface area contributed by atoms with Gasteiger partial charge in [-0.3, -0.25) is 4.90 Å². The van der Waals surface area contributed by atoms with Crippen molar-refractivity contribution >= 4 is 16.9 Å². The quantitative estimate of drug-likeness (QED) is 0.727. The Morgan fingerprint density at radius 3 is 2.48 bits per heavy atom. The molecule has 0 N–H and O–H groups in total. The Balaban J connectivity index is 1.86. The summed E-state index contributed by atoms with van der Waals surface area (Å²) in [7, 11) is 1.37. The van der Waals surface area contributed by atoms with Crippen molar-refractivity contribution in [1.82, 2.24) is 9.47 Å². The predicted octanol–water partition coefficient (Wildman–Crippen LogP) is 4.57. The monoisotopic (exact) mass is 382 g/mol. The van der Waals surface area contributed by atoms with Crippen LogP contribution in [0.15, 0.2) is 24.3 Å². The van der Waals surface area contributed by atoms with Crippen LogP contribution in [0.25, 0.3) is 10.9 Å². The van der Waals surface area contributed by atoms with E-state index >= 15 is 0 Å². The lowest BCUT2D eigenvalue weighted by Crippen LogP contribution is -2.41. The van der Waals surface area contributed by atoms with Gasteiger partial charge in [-0.05, 0) is 51.8 Å². The number of methoxy groups -OCH3 is 1. The first-order valence-electron chi connectivity index (χ1n) is 9.20. The van der Waals surface area contributed by atoms with Gasteiger partial charge in [0.25, 0.3) is 0 Å². The van der Waals surface area contributed by atoms with Crippen LogP contribution < -0.4 is 0 Å². The molecule has 2 aromatic rings. The minimum atomic E-state index is -4.15. The van der Waals surface area contributed by atoms with Crippen molar-refractivity contribution in [2.24, 2.45) is 5.92 Å². The number of ether oxygens (including phenoxy) is 1. The number of nitrogens with zero attached hydrogens (tertiary/aromatic N) is 2. The fourth-order valence-corrected chi connectivity index (χ4v) is 4.33. The lowest BCUT2D eigenvalue weighted by Gasteiger charge is -2.36. The van der Waals surface area contributed by atoms with Crippen molar-refractivity contribution in [3.63, 3.8) is 0 Å². The van der Waals surface area contributed by atoms with Crippen molar-refractivity contribution in [2.45, 2.75) is 38.9 Å². The number of benzene rings is 1. The fraction of sp³-hybridized carbons (Fsp3) is 0.550. The van der Waals surface area contributed by atoms with Crippen LogP contribution in [0, 0.1) is 12.8 Å². The van der Waals surface area contributed by atoms with Crippen LogP contribution >= 0.6 is 0 Å². The maximum absolute atomic E-state index is 12.6. The number of carbonyl (C=O) groups is 1. The van der Waals surface area contributed by atoms with Gasteiger partial charge in [-0.25, -0.2) is 4.79 Å². The van der Waals surface area contributed by atoms with E-state index in [0.29, 0.717) is 31.5 Å². The van der Waals surface area contributed by atoms with Gasteiger partial charge in [-0.15, -0.1) is 0 Å². The molecule has 0 spiro atoms. The molecule has 1 aliphatic rings. The highest BCUT2D eigenvalue weighted by Crippen LogP contribution is 2.36. The summed E-state index contributed by atoms with van der Waals surface area (Å²) in [5.74, 6) is -0.107. The minimum absolute atomic E-state index is 0.0846. The van der Waals surface area contributed by atoms with Crippen LogP contribution in [0.3, 0.4) is 0 Å². The number of halogens is 3. The van der Waals surface area contributed by atoms with Gasteiger partial charge in [-0.1, -0.05) is 18.2 Å². The second-order valence-electron chi connectivity index (χ2n) is 7.31. The highest BCUT2D eigenvalue weighted by molar-refractivity contribution is 6.05. The Labute approximate surface area is 156 Å². The number of fused-ring (bicyclic) bond motifs is 1. The van der Waals surface area contributed by atoms with E-state index in [1.165, 1.54) is 12.0 Å². The zero-order chi connectivity index (χ0) is 19.8. The van der Waals surface area contributed by atoms with E-state index in [9.17, 15) is 18.0 Å². The smallest absolute Gasteiger partial charge is 0.401 e. The van der Waals surface area contributed by atoms with Crippen LogP contribution in [-0.2, 0) is 4.74 Å². The summed E-state index contributed by atoms with van der Waals surface area (Å²) in [5, 5.41) is 0.850. The number of para-hydroxylation sites is 1. The van der Waals surface area contributed by atoms with Crippen LogP contribution in [0.1, 0.15) is 41.9 Å². The van der Waals surface area contributed by atoms with E-state index in [1.807, 2.05) is 31.2 Å². The molecule has 1 aromatic heterocycles. The number of hydrogen-bond donors (Lipinski definition) is 0. The van der Waals surface area contributed by atoms with Crippen LogP contribution in [-0.4, -0.2) is 48.4 Å². The average molecular weight is 382 g/mol. The lowest BCUT2D eigenvalue weighted by atomic mass is 9.90. The van der Waals surface area contributed by atoms with E-state index < -0.39 is 12.7 Å². The number of carbonyl (C=O) groups excluding carboxylic acids is 1. The summed E-state index contributed by atoms with van der Waals surface area (Å²) < 4.78 is 44.9. The van der Waals surface area contributed by atoms with Gasteiger partial charge in [0.2, 0.25) is 0 Å². The van der Waals surface area contributed by atoms with Crippen LogP contribution in [0.4, 0.5) is 13.2 Å². The summed E-state index contributed by atoms with van der Waals surface area (Å²) in [6, 6.07) is 7.78. The van der Waals surface area contributed by atoms with E-state index in [4.69, 9.17) is 4.74 Å². The maximum atomic E-state index is 12.6. The Hall–Kier alpha value is -2.02. The summed E-state index contributed by atoms with van der Waals surface area (Å²) in [6.45, 7) is 4.03. The Bertz CT molecular complexity index is 820. The molecule has 0 saturated carbocycles. The Morgan fingerprint density at radius 2 is 1.89 bits per heavy atom. The summed E-state index contributed by atoms with van der Waals surface area (Å²) >= 11 is 0. The van der Waals surface area contributed by atoms with Crippen molar-refractivity contribution in [1.29, 1.82) is 0 Å². The van der Waals surface area contributed by atoms with Crippen molar-refractivity contribution in [3.8, 4) is 0 Å².